The Morgan fingerprint density at radius 1 is 1.78 bits per heavy atom. The van der Waals surface area contributed by atoms with Gasteiger partial charge in [0.05, 0.1) is 12.1 Å². The predicted octanol–water partition coefficient (Wildman–Crippen LogP) is 0.865. The standard InChI is InChI=1S/C6H13N3/c1-3-6(8)5(2)9-4-7/h5-7H,3,8H2,1-2H3. The molecule has 2 atom stereocenters. The number of aliphatic imine (C=N–C) groups is 1. The van der Waals surface area contributed by atoms with Crippen LogP contribution in [0.25, 0.3) is 0 Å². The molecule has 0 aliphatic heterocycles. The average molecular weight is 127 g/mol. The summed E-state index contributed by atoms with van der Waals surface area (Å²) in [6.07, 6.45) is 0.895. The maximum Gasteiger partial charge on any atom is 0.0865 e. The Labute approximate surface area is 55.5 Å². The van der Waals surface area contributed by atoms with Crippen molar-refractivity contribution < 1.29 is 0 Å². The Morgan fingerprint density at radius 3 is 2.67 bits per heavy atom. The third kappa shape index (κ3) is 3.01. The molecule has 0 aromatic heterocycles. The summed E-state index contributed by atoms with van der Waals surface area (Å²) in [6, 6.07) is 2.08. The van der Waals surface area contributed by atoms with Crippen molar-refractivity contribution in [3.8, 4) is 0 Å². The molecule has 52 valence electrons. The molecule has 0 saturated carbocycles. The molecule has 0 rings (SSSR count). The van der Waals surface area contributed by atoms with E-state index in [1.165, 1.54) is 0 Å². The van der Waals surface area contributed by atoms with Gasteiger partial charge in [0.1, 0.15) is 0 Å². The molecule has 0 fully saturated rings. The number of nitrogens with one attached hydrogen (secondary N) is 1. The average Bonchev–Trinajstić information content (AvgIpc) is 1.87. The lowest BCUT2D eigenvalue weighted by molar-refractivity contribution is 0.549. The Kier molecular flexibility index (Phi) is 3.93. The van der Waals surface area contributed by atoms with Crippen molar-refractivity contribution in [2.45, 2.75) is 32.4 Å². The minimum absolute atomic E-state index is 0.0347. The van der Waals surface area contributed by atoms with Crippen molar-refractivity contribution in [3.05, 3.63) is 0 Å². The zero-order valence-electron chi connectivity index (χ0n) is 5.89. The zero-order valence-corrected chi connectivity index (χ0v) is 5.89. The van der Waals surface area contributed by atoms with E-state index in [1.54, 1.807) is 0 Å². The second-order valence-corrected chi connectivity index (χ2v) is 2.05. The molecule has 0 amide bonds. The maximum atomic E-state index is 6.53. The van der Waals surface area contributed by atoms with Gasteiger partial charge in [-0.25, -0.2) is 10.4 Å². The molecular formula is C6H13N3. The van der Waals surface area contributed by atoms with Crippen LogP contribution in [0, 0.1) is 5.41 Å². The van der Waals surface area contributed by atoms with E-state index in [1.807, 2.05) is 19.9 Å². The highest BCUT2D eigenvalue weighted by atomic mass is 14.8. The van der Waals surface area contributed by atoms with Gasteiger partial charge in [-0.05, 0) is 13.3 Å². The lowest BCUT2D eigenvalue weighted by Crippen LogP contribution is -2.29. The molecule has 0 bridgehead atoms. The van der Waals surface area contributed by atoms with Crippen LogP contribution in [0.15, 0.2) is 4.99 Å². The highest BCUT2D eigenvalue weighted by molar-refractivity contribution is 5.36. The van der Waals surface area contributed by atoms with Gasteiger partial charge in [0.15, 0.2) is 0 Å². The molecule has 0 radical (unpaired) electrons. The van der Waals surface area contributed by atoms with Crippen molar-refractivity contribution in [1.82, 2.24) is 0 Å². The second kappa shape index (κ2) is 4.24. The van der Waals surface area contributed by atoms with Gasteiger partial charge in [0.25, 0.3) is 0 Å². The molecule has 3 heteroatoms. The van der Waals surface area contributed by atoms with Crippen LogP contribution < -0.4 is 5.73 Å². The summed E-state index contributed by atoms with van der Waals surface area (Å²) < 4.78 is 0. The fourth-order valence-electron chi connectivity index (χ4n) is 0.539. The van der Waals surface area contributed by atoms with Crippen LogP contribution in [0.5, 0.6) is 0 Å². The van der Waals surface area contributed by atoms with E-state index in [9.17, 15) is 0 Å². The van der Waals surface area contributed by atoms with E-state index in [4.69, 9.17) is 11.1 Å². The Morgan fingerprint density at radius 2 is 2.33 bits per heavy atom. The van der Waals surface area contributed by atoms with E-state index < -0.39 is 0 Å². The molecule has 0 saturated heterocycles. The molecule has 9 heavy (non-hydrogen) atoms. The quantitative estimate of drug-likeness (QED) is 0.543. The number of nitrogens with two attached hydrogens (primary N) is 1. The summed E-state index contributed by atoms with van der Waals surface area (Å²) in [6.45, 7) is 3.89. The van der Waals surface area contributed by atoms with E-state index >= 15 is 0 Å². The summed E-state index contributed by atoms with van der Waals surface area (Å²) >= 11 is 0. The molecular weight excluding hydrogens is 114 g/mol. The normalized spacial score (nSPS) is 15.9. The van der Waals surface area contributed by atoms with Gasteiger partial charge >= 0.3 is 0 Å². The minimum Gasteiger partial charge on any atom is -0.326 e. The number of rotatable bonds is 3. The van der Waals surface area contributed by atoms with Crippen LogP contribution in [0.3, 0.4) is 0 Å². The highest BCUT2D eigenvalue weighted by Crippen LogP contribution is 1.97. The van der Waals surface area contributed by atoms with Crippen molar-refractivity contribution in [2.75, 3.05) is 0 Å². The Hall–Kier alpha value is -0.660. The monoisotopic (exact) mass is 127 g/mol. The predicted molar refractivity (Wildman–Crippen MR) is 37.9 cm³/mol. The first kappa shape index (κ1) is 8.34. The van der Waals surface area contributed by atoms with Gasteiger partial charge in [0, 0.05) is 6.04 Å². The largest absolute Gasteiger partial charge is 0.326 e. The Balaban J connectivity index is 3.71. The topological polar surface area (TPSA) is 62.2 Å². The first-order valence-electron chi connectivity index (χ1n) is 3.09. The zero-order chi connectivity index (χ0) is 7.28. The van der Waals surface area contributed by atoms with Gasteiger partial charge in [0.2, 0.25) is 0 Å². The molecule has 3 nitrogen and oxygen atoms in total. The van der Waals surface area contributed by atoms with Crippen LogP contribution in [-0.4, -0.2) is 18.1 Å². The summed E-state index contributed by atoms with van der Waals surface area (Å²) in [5, 5.41) is 6.53. The lowest BCUT2D eigenvalue weighted by atomic mass is 10.1. The van der Waals surface area contributed by atoms with Crippen LogP contribution in [0.1, 0.15) is 20.3 Å². The summed E-state index contributed by atoms with van der Waals surface area (Å²) in [7, 11) is 0. The lowest BCUT2D eigenvalue weighted by Gasteiger charge is -2.10. The van der Waals surface area contributed by atoms with Crippen LogP contribution >= 0.6 is 0 Å². The van der Waals surface area contributed by atoms with E-state index in [2.05, 4.69) is 4.99 Å². The molecule has 0 aromatic carbocycles. The van der Waals surface area contributed by atoms with Gasteiger partial charge in [-0.3, -0.25) is 0 Å². The fraction of sp³-hybridized carbons (Fsp3) is 0.833. The second-order valence-electron chi connectivity index (χ2n) is 2.05. The van der Waals surface area contributed by atoms with Gasteiger partial charge in [-0.15, -0.1) is 0 Å². The molecule has 0 aliphatic rings. The molecule has 0 aromatic rings. The molecule has 0 heterocycles. The molecule has 0 aliphatic carbocycles. The SMILES string of the molecule is CCC(N)C(C)N=C=N. The molecule has 2 unspecified atom stereocenters. The van der Waals surface area contributed by atoms with Crippen LogP contribution in [-0.2, 0) is 0 Å². The summed E-state index contributed by atoms with van der Waals surface area (Å²) in [4.78, 5) is 3.69. The van der Waals surface area contributed by atoms with Crippen molar-refractivity contribution in [2.24, 2.45) is 10.7 Å². The van der Waals surface area contributed by atoms with E-state index in [0.717, 1.165) is 6.42 Å². The van der Waals surface area contributed by atoms with Crippen molar-refractivity contribution >= 4 is 6.01 Å². The Bertz CT molecular complexity index is 115. The van der Waals surface area contributed by atoms with Crippen molar-refractivity contribution in [3.63, 3.8) is 0 Å². The first-order chi connectivity index (χ1) is 4.22. The molecule has 3 N–H and O–H groups in total. The van der Waals surface area contributed by atoms with Gasteiger partial charge in [-0.2, -0.15) is 0 Å². The first-order valence-corrected chi connectivity index (χ1v) is 3.09. The third-order valence-corrected chi connectivity index (χ3v) is 1.36. The third-order valence-electron chi connectivity index (χ3n) is 1.36. The highest BCUT2D eigenvalue weighted by Gasteiger charge is 2.06. The minimum atomic E-state index is 0.0347. The maximum absolute atomic E-state index is 6.53. The van der Waals surface area contributed by atoms with Crippen molar-refractivity contribution in [1.29, 1.82) is 5.41 Å². The summed E-state index contributed by atoms with van der Waals surface area (Å²) in [5.41, 5.74) is 5.59. The smallest absolute Gasteiger partial charge is 0.0865 e. The van der Waals surface area contributed by atoms with Gasteiger partial charge in [-0.1, -0.05) is 6.92 Å². The van der Waals surface area contributed by atoms with Gasteiger partial charge < -0.3 is 5.73 Å². The number of hydrogen-bond acceptors (Lipinski definition) is 3. The van der Waals surface area contributed by atoms with Crippen LogP contribution in [0.4, 0.5) is 0 Å². The number of nitrogens with zero attached hydrogens (tertiary/aromatic N) is 1. The summed E-state index contributed by atoms with van der Waals surface area (Å²) in [5.74, 6) is 0. The molecule has 0 spiro atoms. The fourth-order valence-corrected chi connectivity index (χ4v) is 0.539. The van der Waals surface area contributed by atoms with E-state index in [-0.39, 0.29) is 12.1 Å². The van der Waals surface area contributed by atoms with E-state index in [0.29, 0.717) is 0 Å². The number of hydrogen-bond donors (Lipinski definition) is 2. The van der Waals surface area contributed by atoms with Crippen LogP contribution in [0.2, 0.25) is 0 Å².